The molecule has 2 aromatic rings. The fourth-order valence-electron chi connectivity index (χ4n) is 4.79. The predicted octanol–water partition coefficient (Wildman–Crippen LogP) is 3.84. The van der Waals surface area contributed by atoms with Crippen molar-refractivity contribution in [1.82, 2.24) is 9.71 Å². The first-order valence-corrected chi connectivity index (χ1v) is 11.6. The fourth-order valence-corrected chi connectivity index (χ4v) is 6.89. The van der Waals surface area contributed by atoms with Gasteiger partial charge in [0.15, 0.2) is 0 Å². The Labute approximate surface area is 172 Å². The number of allylic oxidation sites excluding steroid dienone is 1. The van der Waals surface area contributed by atoms with E-state index in [1.54, 1.807) is 12.3 Å². The van der Waals surface area contributed by atoms with E-state index < -0.39 is 10.0 Å². The average Bonchev–Trinajstić information content (AvgIpc) is 3.03. The smallest absolute Gasteiger partial charge is 0.215 e. The molecule has 0 radical (unpaired) electrons. The zero-order chi connectivity index (χ0) is 20.6. The van der Waals surface area contributed by atoms with Gasteiger partial charge in [-0.05, 0) is 48.3 Å². The van der Waals surface area contributed by atoms with Crippen molar-refractivity contribution < 1.29 is 8.42 Å². The third kappa shape index (κ3) is 3.73. The van der Waals surface area contributed by atoms with Crippen LogP contribution in [0.2, 0.25) is 0 Å². The van der Waals surface area contributed by atoms with Crippen molar-refractivity contribution in [2.75, 3.05) is 6.54 Å². The van der Waals surface area contributed by atoms with Gasteiger partial charge in [0.1, 0.15) is 0 Å². The van der Waals surface area contributed by atoms with E-state index in [9.17, 15) is 13.7 Å². The molecule has 5 atom stereocenters. The lowest BCUT2D eigenvalue weighted by atomic mass is 9.68. The number of rotatable bonds is 3. The first-order chi connectivity index (χ1) is 13.9. The third-order valence-electron chi connectivity index (χ3n) is 6.56. The normalized spacial score (nSPS) is 30.7. The number of pyridine rings is 1. The van der Waals surface area contributed by atoms with Crippen LogP contribution in [0.25, 0.3) is 17.2 Å². The molecule has 0 spiro atoms. The molecule has 2 heterocycles. The summed E-state index contributed by atoms with van der Waals surface area (Å²) in [6.45, 7) is 4.92. The molecule has 1 aromatic carbocycles. The summed E-state index contributed by atoms with van der Waals surface area (Å²) in [5.74, 6) is 0.936. The Bertz CT molecular complexity index is 1070. The lowest BCUT2D eigenvalue weighted by Gasteiger charge is -2.39. The molecule has 0 bridgehead atoms. The minimum absolute atomic E-state index is 0.0236. The molecule has 1 aliphatic heterocycles. The quantitative estimate of drug-likeness (QED) is 0.838. The van der Waals surface area contributed by atoms with E-state index in [1.807, 2.05) is 42.5 Å². The van der Waals surface area contributed by atoms with Gasteiger partial charge in [-0.2, -0.15) is 5.26 Å². The second-order valence-electron chi connectivity index (χ2n) is 8.26. The summed E-state index contributed by atoms with van der Waals surface area (Å²) in [5, 5.41) is 8.94. The van der Waals surface area contributed by atoms with E-state index >= 15 is 0 Å². The summed E-state index contributed by atoms with van der Waals surface area (Å²) in [6.07, 6.45) is 6.69. The van der Waals surface area contributed by atoms with E-state index in [1.165, 1.54) is 0 Å². The van der Waals surface area contributed by atoms with Crippen LogP contribution in [-0.4, -0.2) is 25.2 Å². The van der Waals surface area contributed by atoms with Crippen LogP contribution >= 0.6 is 0 Å². The van der Waals surface area contributed by atoms with Crippen molar-refractivity contribution >= 4 is 16.1 Å². The molecule has 1 N–H and O–H groups in total. The Morgan fingerprint density at radius 2 is 2.00 bits per heavy atom. The Kier molecular flexibility index (Phi) is 5.28. The molecule has 5 nitrogen and oxygen atoms in total. The Hall–Kier alpha value is -2.49. The molecule has 150 valence electrons. The number of sulfonamides is 1. The highest BCUT2D eigenvalue weighted by atomic mass is 32.2. The third-order valence-corrected chi connectivity index (χ3v) is 8.55. The van der Waals surface area contributed by atoms with Crippen LogP contribution < -0.4 is 4.72 Å². The highest BCUT2D eigenvalue weighted by molar-refractivity contribution is 7.90. The van der Waals surface area contributed by atoms with Gasteiger partial charge in [-0.15, -0.1) is 0 Å². The van der Waals surface area contributed by atoms with Crippen molar-refractivity contribution in [3.63, 3.8) is 0 Å². The molecule has 2 unspecified atom stereocenters. The van der Waals surface area contributed by atoms with Crippen molar-refractivity contribution in [1.29, 1.82) is 5.26 Å². The molecule has 2 aliphatic rings. The van der Waals surface area contributed by atoms with Crippen LogP contribution in [0.3, 0.4) is 0 Å². The van der Waals surface area contributed by atoms with E-state index in [-0.39, 0.29) is 17.1 Å². The summed E-state index contributed by atoms with van der Waals surface area (Å²) >= 11 is 0. The molecule has 1 saturated carbocycles. The van der Waals surface area contributed by atoms with E-state index in [0.29, 0.717) is 23.9 Å². The standard InChI is InChI=1S/C23H25N3O2S/c1-15-11-19-14-26-29(27,28)23(19)21(16(15)2)10-9-20-8-7-18(13-25-20)22-6-4-3-5-17(22)12-24/h3-10,13,15-16,19,21,23,26H,11,14H2,1-2H3/b10-9+/t15-,16+,19?,21-,23?/m0/s1. The molecule has 1 aliphatic carbocycles. The highest BCUT2D eigenvalue weighted by Gasteiger charge is 2.50. The van der Waals surface area contributed by atoms with Crippen LogP contribution in [0.5, 0.6) is 0 Å². The number of fused-ring (bicyclic) bond motifs is 1. The van der Waals surface area contributed by atoms with E-state index in [4.69, 9.17) is 0 Å². The molecule has 0 amide bonds. The number of aromatic nitrogens is 1. The van der Waals surface area contributed by atoms with Crippen LogP contribution in [0, 0.1) is 35.0 Å². The van der Waals surface area contributed by atoms with Crippen molar-refractivity contribution in [3.05, 3.63) is 59.9 Å². The maximum absolute atomic E-state index is 12.5. The van der Waals surface area contributed by atoms with Gasteiger partial charge in [0.05, 0.1) is 22.6 Å². The molecule has 29 heavy (non-hydrogen) atoms. The zero-order valence-corrected chi connectivity index (χ0v) is 17.4. The first kappa shape index (κ1) is 19.8. The summed E-state index contributed by atoms with van der Waals surface area (Å²) in [7, 11) is -3.26. The largest absolute Gasteiger partial charge is 0.256 e. The predicted molar refractivity (Wildman–Crippen MR) is 114 cm³/mol. The summed E-state index contributed by atoms with van der Waals surface area (Å²) in [4.78, 5) is 4.52. The Balaban J connectivity index is 1.59. The Morgan fingerprint density at radius 1 is 1.21 bits per heavy atom. The summed E-state index contributed by atoms with van der Waals surface area (Å²) in [6, 6.07) is 13.5. The SMILES string of the molecule is C[C@H]1[C@H](/C=C/c2ccc(-c3ccccc3C#N)cn2)C2C(CNS2(=O)=O)C[C@@H]1C. The van der Waals surface area contributed by atoms with Gasteiger partial charge in [0.2, 0.25) is 10.0 Å². The number of hydrogen-bond acceptors (Lipinski definition) is 4. The second kappa shape index (κ2) is 7.74. The molecule has 1 saturated heterocycles. The van der Waals surface area contributed by atoms with Gasteiger partial charge >= 0.3 is 0 Å². The lowest BCUT2D eigenvalue weighted by Crippen LogP contribution is -2.42. The van der Waals surface area contributed by atoms with Gasteiger partial charge in [-0.1, -0.05) is 44.2 Å². The summed E-state index contributed by atoms with van der Waals surface area (Å²) < 4.78 is 27.8. The first-order valence-electron chi connectivity index (χ1n) is 10.0. The topological polar surface area (TPSA) is 82.8 Å². The second-order valence-corrected chi connectivity index (χ2v) is 10.2. The van der Waals surface area contributed by atoms with E-state index in [0.717, 1.165) is 23.2 Å². The molecular formula is C23H25N3O2S. The van der Waals surface area contributed by atoms with Crippen LogP contribution in [0.4, 0.5) is 0 Å². The molecule has 1 aromatic heterocycles. The fraction of sp³-hybridized carbons (Fsp3) is 0.391. The Morgan fingerprint density at radius 3 is 2.72 bits per heavy atom. The van der Waals surface area contributed by atoms with Crippen molar-refractivity contribution in [3.8, 4) is 17.2 Å². The average molecular weight is 408 g/mol. The van der Waals surface area contributed by atoms with E-state index in [2.05, 4.69) is 29.6 Å². The minimum Gasteiger partial charge on any atom is -0.256 e. The monoisotopic (exact) mass is 407 g/mol. The lowest BCUT2D eigenvalue weighted by molar-refractivity contribution is 0.175. The minimum atomic E-state index is -3.26. The molecular weight excluding hydrogens is 382 g/mol. The van der Waals surface area contributed by atoms with Gasteiger partial charge in [-0.3, -0.25) is 4.98 Å². The maximum Gasteiger partial charge on any atom is 0.215 e. The maximum atomic E-state index is 12.5. The van der Waals surface area contributed by atoms with Gasteiger partial charge in [-0.25, -0.2) is 13.1 Å². The summed E-state index contributed by atoms with van der Waals surface area (Å²) in [5.41, 5.74) is 3.15. The van der Waals surface area contributed by atoms with Gasteiger partial charge < -0.3 is 0 Å². The molecule has 2 fully saturated rings. The number of benzene rings is 1. The number of hydrogen-bond donors (Lipinski definition) is 1. The van der Waals surface area contributed by atoms with Crippen LogP contribution in [0.1, 0.15) is 31.5 Å². The van der Waals surface area contributed by atoms with Crippen LogP contribution in [-0.2, 0) is 10.0 Å². The van der Waals surface area contributed by atoms with Gasteiger partial charge in [0.25, 0.3) is 0 Å². The number of nitrogens with zero attached hydrogens (tertiary/aromatic N) is 2. The van der Waals surface area contributed by atoms with Crippen molar-refractivity contribution in [2.45, 2.75) is 25.5 Å². The van der Waals surface area contributed by atoms with Gasteiger partial charge in [0, 0.05) is 23.9 Å². The highest BCUT2D eigenvalue weighted by Crippen LogP contribution is 2.44. The molecule has 4 rings (SSSR count). The number of nitriles is 1. The van der Waals surface area contributed by atoms with Crippen molar-refractivity contribution in [2.24, 2.45) is 23.7 Å². The zero-order valence-electron chi connectivity index (χ0n) is 16.6. The molecule has 6 heteroatoms. The van der Waals surface area contributed by atoms with Crippen LogP contribution in [0.15, 0.2) is 48.7 Å². The number of nitrogens with one attached hydrogen (secondary N) is 1.